The summed E-state index contributed by atoms with van der Waals surface area (Å²) in [4.78, 5) is 10.3. The second kappa shape index (κ2) is 10.6. The maximum absolute atomic E-state index is 6.23. The molecule has 39 heavy (non-hydrogen) atoms. The second-order valence-electron chi connectivity index (χ2n) is 10.7. The van der Waals surface area contributed by atoms with Gasteiger partial charge in [0.05, 0.1) is 11.2 Å². The van der Waals surface area contributed by atoms with E-state index in [9.17, 15) is 0 Å². The van der Waals surface area contributed by atoms with Gasteiger partial charge in [-0.1, -0.05) is 75.4 Å². The summed E-state index contributed by atoms with van der Waals surface area (Å²) in [5.74, 6) is 0.854. The number of thioether (sulfide) groups is 1. The van der Waals surface area contributed by atoms with Crippen molar-refractivity contribution in [3.05, 3.63) is 121 Å². The van der Waals surface area contributed by atoms with Crippen molar-refractivity contribution >= 4 is 33.6 Å². The third-order valence-corrected chi connectivity index (χ3v) is 7.73. The van der Waals surface area contributed by atoms with E-state index in [2.05, 4.69) is 97.2 Å². The van der Waals surface area contributed by atoms with Crippen LogP contribution in [0.15, 0.2) is 114 Å². The molecule has 3 aromatic carbocycles. The number of nitrogens with zero attached hydrogens (tertiary/aromatic N) is 3. The molecule has 5 heteroatoms. The van der Waals surface area contributed by atoms with Crippen molar-refractivity contribution in [2.75, 3.05) is 0 Å². The standard InChI is InChI=1S/C34H31N3OS/c1-34(2,3)39-33-22-37(21-24-10-12-25(13-11-24)27-8-6-18-35-20-27)32-17-16-29(19-30(32)33)38-23-28-15-14-26-7-4-5-9-31(26)36-28/h4-20,22H,21,23H2,1-3H3. The fourth-order valence-corrected chi connectivity index (χ4v) is 5.87. The van der Waals surface area contributed by atoms with Crippen molar-refractivity contribution in [2.24, 2.45) is 0 Å². The van der Waals surface area contributed by atoms with E-state index in [4.69, 9.17) is 9.72 Å². The number of benzene rings is 3. The van der Waals surface area contributed by atoms with Crippen LogP contribution in [0.4, 0.5) is 0 Å². The summed E-state index contributed by atoms with van der Waals surface area (Å²) in [5.41, 5.74) is 6.68. The number of hydrogen-bond donors (Lipinski definition) is 0. The molecule has 0 unspecified atom stereocenters. The Morgan fingerprint density at radius 1 is 0.846 bits per heavy atom. The Morgan fingerprint density at radius 2 is 1.69 bits per heavy atom. The molecule has 0 atom stereocenters. The summed E-state index contributed by atoms with van der Waals surface area (Å²) >= 11 is 1.89. The maximum Gasteiger partial charge on any atom is 0.130 e. The number of hydrogen-bond acceptors (Lipinski definition) is 4. The minimum absolute atomic E-state index is 0.0936. The first kappa shape index (κ1) is 25.2. The Kier molecular flexibility index (Phi) is 6.84. The lowest BCUT2D eigenvalue weighted by Gasteiger charge is -2.16. The van der Waals surface area contributed by atoms with Gasteiger partial charge in [0.1, 0.15) is 12.4 Å². The quantitative estimate of drug-likeness (QED) is 0.194. The van der Waals surface area contributed by atoms with E-state index in [0.29, 0.717) is 6.61 Å². The lowest BCUT2D eigenvalue weighted by atomic mass is 10.1. The minimum Gasteiger partial charge on any atom is -0.487 e. The number of aromatic nitrogens is 3. The zero-order chi connectivity index (χ0) is 26.8. The van der Waals surface area contributed by atoms with Gasteiger partial charge in [0.15, 0.2) is 0 Å². The lowest BCUT2D eigenvalue weighted by molar-refractivity contribution is 0.302. The molecule has 0 amide bonds. The molecular formula is C34H31N3OS. The zero-order valence-electron chi connectivity index (χ0n) is 22.5. The Hall–Kier alpha value is -4.09. The van der Waals surface area contributed by atoms with Gasteiger partial charge in [-0.05, 0) is 53.1 Å². The molecule has 6 aromatic rings. The zero-order valence-corrected chi connectivity index (χ0v) is 23.3. The van der Waals surface area contributed by atoms with Crippen molar-refractivity contribution in [3.8, 4) is 16.9 Å². The highest BCUT2D eigenvalue weighted by atomic mass is 32.2. The molecular weight excluding hydrogens is 498 g/mol. The first-order valence-electron chi connectivity index (χ1n) is 13.2. The first-order chi connectivity index (χ1) is 18.9. The summed E-state index contributed by atoms with van der Waals surface area (Å²) in [6.07, 6.45) is 5.99. The first-order valence-corrected chi connectivity index (χ1v) is 14.0. The molecule has 6 rings (SSSR count). The van der Waals surface area contributed by atoms with Crippen LogP contribution in [0, 0.1) is 0 Å². The van der Waals surface area contributed by atoms with Crippen LogP contribution in [0.1, 0.15) is 32.0 Å². The van der Waals surface area contributed by atoms with Gasteiger partial charge in [-0.3, -0.25) is 4.98 Å². The van der Waals surface area contributed by atoms with E-state index in [1.807, 2.05) is 48.3 Å². The van der Waals surface area contributed by atoms with Crippen molar-refractivity contribution < 1.29 is 4.74 Å². The van der Waals surface area contributed by atoms with E-state index in [0.717, 1.165) is 34.5 Å². The second-order valence-corrected chi connectivity index (χ2v) is 12.6. The summed E-state index contributed by atoms with van der Waals surface area (Å²) in [6.45, 7) is 8.00. The molecule has 0 aliphatic carbocycles. The average molecular weight is 530 g/mol. The van der Waals surface area contributed by atoms with E-state index < -0.39 is 0 Å². The number of para-hydroxylation sites is 1. The van der Waals surface area contributed by atoms with Gasteiger partial charge in [-0.15, -0.1) is 11.8 Å². The fourth-order valence-electron chi connectivity index (χ4n) is 4.75. The molecule has 0 fully saturated rings. The van der Waals surface area contributed by atoms with Gasteiger partial charge in [0, 0.05) is 51.1 Å². The number of rotatable bonds is 7. The topological polar surface area (TPSA) is 39.9 Å². The number of fused-ring (bicyclic) bond motifs is 2. The van der Waals surface area contributed by atoms with Gasteiger partial charge in [-0.25, -0.2) is 4.98 Å². The van der Waals surface area contributed by atoms with Crippen LogP contribution in [-0.4, -0.2) is 19.3 Å². The third kappa shape index (κ3) is 5.84. The molecule has 0 saturated heterocycles. The molecule has 0 bridgehead atoms. The van der Waals surface area contributed by atoms with Gasteiger partial charge < -0.3 is 9.30 Å². The van der Waals surface area contributed by atoms with Crippen molar-refractivity contribution in [1.29, 1.82) is 0 Å². The molecule has 0 aliphatic heterocycles. The molecule has 0 spiro atoms. The van der Waals surface area contributed by atoms with Crippen LogP contribution >= 0.6 is 11.8 Å². The molecule has 0 N–H and O–H groups in total. The van der Waals surface area contributed by atoms with Crippen LogP contribution < -0.4 is 4.74 Å². The van der Waals surface area contributed by atoms with E-state index in [1.165, 1.54) is 26.9 Å². The summed E-state index contributed by atoms with van der Waals surface area (Å²) in [6, 6.07) is 31.6. The fraction of sp³-hybridized carbons (Fsp3) is 0.176. The van der Waals surface area contributed by atoms with Gasteiger partial charge in [0.2, 0.25) is 0 Å². The molecule has 3 heterocycles. The highest BCUT2D eigenvalue weighted by molar-refractivity contribution is 8.00. The highest BCUT2D eigenvalue weighted by Crippen LogP contribution is 2.39. The smallest absolute Gasteiger partial charge is 0.130 e. The molecule has 0 aliphatic rings. The molecule has 0 radical (unpaired) electrons. The monoisotopic (exact) mass is 529 g/mol. The van der Waals surface area contributed by atoms with Crippen molar-refractivity contribution in [2.45, 2.75) is 43.6 Å². The van der Waals surface area contributed by atoms with E-state index in [-0.39, 0.29) is 4.75 Å². The Balaban J connectivity index is 1.26. The van der Waals surface area contributed by atoms with Crippen molar-refractivity contribution in [1.82, 2.24) is 14.5 Å². The third-order valence-electron chi connectivity index (χ3n) is 6.58. The normalized spacial score (nSPS) is 11.8. The summed E-state index contributed by atoms with van der Waals surface area (Å²) < 4.78 is 8.67. The SMILES string of the molecule is CC(C)(C)Sc1cn(Cc2ccc(-c3cccnc3)cc2)c2ccc(OCc3ccc4ccccc4n3)cc12. The van der Waals surface area contributed by atoms with E-state index in [1.54, 1.807) is 6.20 Å². The number of ether oxygens (including phenoxy) is 1. The van der Waals surface area contributed by atoms with Crippen LogP contribution in [0.3, 0.4) is 0 Å². The summed E-state index contributed by atoms with van der Waals surface area (Å²) in [5, 5.41) is 2.35. The van der Waals surface area contributed by atoms with Crippen LogP contribution in [0.2, 0.25) is 0 Å². The lowest BCUT2D eigenvalue weighted by Crippen LogP contribution is -2.06. The Morgan fingerprint density at radius 3 is 2.49 bits per heavy atom. The van der Waals surface area contributed by atoms with Crippen LogP contribution in [-0.2, 0) is 13.2 Å². The van der Waals surface area contributed by atoms with Gasteiger partial charge in [-0.2, -0.15) is 0 Å². The maximum atomic E-state index is 6.23. The highest BCUT2D eigenvalue weighted by Gasteiger charge is 2.18. The van der Waals surface area contributed by atoms with E-state index >= 15 is 0 Å². The predicted molar refractivity (Wildman–Crippen MR) is 162 cm³/mol. The van der Waals surface area contributed by atoms with Crippen molar-refractivity contribution in [3.63, 3.8) is 0 Å². The average Bonchev–Trinajstić information content (AvgIpc) is 3.27. The van der Waals surface area contributed by atoms with Crippen LogP contribution in [0.25, 0.3) is 32.9 Å². The Labute approximate surface area is 233 Å². The Bertz CT molecular complexity index is 1730. The molecule has 3 aromatic heterocycles. The number of pyridine rings is 2. The molecule has 0 saturated carbocycles. The van der Waals surface area contributed by atoms with Crippen LogP contribution in [0.5, 0.6) is 5.75 Å². The molecule has 4 nitrogen and oxygen atoms in total. The summed E-state index contributed by atoms with van der Waals surface area (Å²) in [7, 11) is 0. The van der Waals surface area contributed by atoms with Gasteiger partial charge >= 0.3 is 0 Å². The van der Waals surface area contributed by atoms with Gasteiger partial charge in [0.25, 0.3) is 0 Å². The molecule has 194 valence electrons. The predicted octanol–water partition coefficient (Wildman–Crippen LogP) is 8.77. The minimum atomic E-state index is 0.0936. The largest absolute Gasteiger partial charge is 0.487 e.